The molecule has 0 aromatic rings. The van der Waals surface area contributed by atoms with Crippen molar-refractivity contribution < 1.29 is 14.7 Å². The van der Waals surface area contributed by atoms with Crippen LogP contribution in [0.15, 0.2) is 0 Å². The minimum absolute atomic E-state index is 0.0139. The van der Waals surface area contributed by atoms with E-state index in [-0.39, 0.29) is 17.7 Å². The Morgan fingerprint density at radius 1 is 1.64 bits per heavy atom. The molecule has 11 heavy (non-hydrogen) atoms. The van der Waals surface area contributed by atoms with Gasteiger partial charge in [0.2, 0.25) is 0 Å². The van der Waals surface area contributed by atoms with Crippen LogP contribution in [0.3, 0.4) is 0 Å². The van der Waals surface area contributed by atoms with Crippen LogP contribution >= 0.6 is 0 Å². The van der Waals surface area contributed by atoms with Crippen LogP contribution in [-0.2, 0) is 4.79 Å². The summed E-state index contributed by atoms with van der Waals surface area (Å²) < 4.78 is 0. The van der Waals surface area contributed by atoms with Gasteiger partial charge in [0.15, 0.2) is 0 Å². The van der Waals surface area contributed by atoms with E-state index in [1.54, 1.807) is 0 Å². The van der Waals surface area contributed by atoms with Gasteiger partial charge in [-0.15, -0.1) is 0 Å². The predicted octanol–water partition coefficient (Wildman–Crippen LogP) is 0.328. The smallest absolute Gasteiger partial charge is 0.407 e. The van der Waals surface area contributed by atoms with E-state index in [2.05, 4.69) is 0 Å². The minimum atomic E-state index is -0.884. The van der Waals surface area contributed by atoms with Crippen molar-refractivity contribution in [3.63, 3.8) is 0 Å². The molecule has 1 saturated carbocycles. The van der Waals surface area contributed by atoms with Crippen molar-refractivity contribution in [2.45, 2.75) is 18.9 Å². The molecule has 1 aliphatic heterocycles. The number of carbonyl (C=O) groups excluding carboxylic acids is 1. The average Bonchev–Trinajstić information content (AvgIpc) is 2.25. The Kier molecular flexibility index (Phi) is 1.19. The van der Waals surface area contributed by atoms with E-state index in [9.17, 15) is 9.59 Å². The van der Waals surface area contributed by atoms with Gasteiger partial charge < -0.3 is 10.0 Å². The second-order valence-corrected chi connectivity index (χ2v) is 3.11. The molecular formula is C7H9NO3. The van der Waals surface area contributed by atoms with E-state index in [1.165, 1.54) is 4.90 Å². The molecule has 1 aliphatic carbocycles. The van der Waals surface area contributed by atoms with E-state index >= 15 is 0 Å². The molecule has 2 rings (SSSR count). The van der Waals surface area contributed by atoms with Crippen LogP contribution in [0.5, 0.6) is 0 Å². The fourth-order valence-corrected chi connectivity index (χ4v) is 1.92. The quantitative estimate of drug-likeness (QED) is 0.548. The first-order valence-electron chi connectivity index (χ1n) is 3.72. The van der Waals surface area contributed by atoms with Crippen LogP contribution < -0.4 is 0 Å². The van der Waals surface area contributed by atoms with Crippen LogP contribution in [-0.4, -0.2) is 34.5 Å². The van der Waals surface area contributed by atoms with Gasteiger partial charge in [-0.3, -0.25) is 4.79 Å². The van der Waals surface area contributed by atoms with Gasteiger partial charge >= 0.3 is 6.09 Å². The maximum Gasteiger partial charge on any atom is 0.407 e. The SMILES string of the molecule is O=C1CC2C1CCN2C(=O)O. The second kappa shape index (κ2) is 1.96. The number of hydrogen-bond acceptors (Lipinski definition) is 2. The van der Waals surface area contributed by atoms with Gasteiger partial charge in [0, 0.05) is 18.9 Å². The zero-order valence-electron chi connectivity index (χ0n) is 5.99. The van der Waals surface area contributed by atoms with Gasteiger partial charge in [-0.2, -0.15) is 0 Å². The lowest BCUT2D eigenvalue weighted by Crippen LogP contribution is -2.48. The summed E-state index contributed by atoms with van der Waals surface area (Å²) >= 11 is 0. The number of nitrogens with zero attached hydrogens (tertiary/aromatic N) is 1. The largest absolute Gasteiger partial charge is 0.465 e. The summed E-state index contributed by atoms with van der Waals surface area (Å²) in [4.78, 5) is 22.8. The highest BCUT2D eigenvalue weighted by molar-refractivity contribution is 5.90. The first-order chi connectivity index (χ1) is 5.20. The highest BCUT2D eigenvalue weighted by atomic mass is 16.4. The third-order valence-corrected chi connectivity index (χ3v) is 2.62. The van der Waals surface area contributed by atoms with Crippen molar-refractivity contribution in [3.8, 4) is 0 Å². The molecule has 2 fully saturated rings. The predicted molar refractivity (Wildman–Crippen MR) is 36.2 cm³/mol. The standard InChI is InChI=1S/C7H9NO3/c9-6-3-5-4(6)1-2-8(5)7(10)11/h4-5H,1-3H2,(H,10,11). The first kappa shape index (κ1) is 6.64. The molecule has 0 radical (unpaired) electrons. The number of carboxylic acid groups (broad SMARTS) is 1. The third-order valence-electron chi connectivity index (χ3n) is 2.62. The lowest BCUT2D eigenvalue weighted by atomic mass is 9.79. The molecule has 1 amide bonds. The molecule has 1 heterocycles. The van der Waals surface area contributed by atoms with Crippen molar-refractivity contribution in [1.29, 1.82) is 0 Å². The number of hydrogen-bond donors (Lipinski definition) is 1. The van der Waals surface area contributed by atoms with Gasteiger partial charge in [-0.25, -0.2) is 4.79 Å². The molecule has 2 unspecified atom stereocenters. The summed E-state index contributed by atoms with van der Waals surface area (Å²) in [5, 5.41) is 8.64. The Labute approximate surface area is 63.8 Å². The highest BCUT2D eigenvalue weighted by Crippen LogP contribution is 2.37. The summed E-state index contributed by atoms with van der Waals surface area (Å²) in [6.07, 6.45) is 0.289. The Balaban J connectivity index is 2.09. The summed E-state index contributed by atoms with van der Waals surface area (Å²) in [7, 11) is 0. The van der Waals surface area contributed by atoms with E-state index in [4.69, 9.17) is 5.11 Å². The van der Waals surface area contributed by atoms with Gasteiger partial charge in [-0.1, -0.05) is 0 Å². The molecule has 2 atom stereocenters. The third kappa shape index (κ3) is 0.751. The highest BCUT2D eigenvalue weighted by Gasteiger charge is 2.49. The second-order valence-electron chi connectivity index (χ2n) is 3.11. The maximum absolute atomic E-state index is 10.9. The number of ketones is 1. The Morgan fingerprint density at radius 2 is 2.36 bits per heavy atom. The normalized spacial score (nSPS) is 34.9. The molecule has 0 spiro atoms. The van der Waals surface area contributed by atoms with Crippen LogP contribution in [0.25, 0.3) is 0 Å². The molecule has 1 N–H and O–H groups in total. The first-order valence-corrected chi connectivity index (χ1v) is 3.72. The van der Waals surface area contributed by atoms with Crippen LogP contribution in [0.1, 0.15) is 12.8 Å². The van der Waals surface area contributed by atoms with Gasteiger partial charge in [0.25, 0.3) is 0 Å². The topological polar surface area (TPSA) is 57.6 Å². The number of Topliss-reactive ketones (excluding diaryl/α,β-unsaturated/α-hetero) is 1. The number of amides is 1. The fraction of sp³-hybridized carbons (Fsp3) is 0.714. The van der Waals surface area contributed by atoms with Crippen molar-refractivity contribution in [2.24, 2.45) is 5.92 Å². The summed E-state index contributed by atoms with van der Waals surface area (Å²) in [5.41, 5.74) is 0. The molecule has 1 saturated heterocycles. The Hall–Kier alpha value is -1.06. The molecule has 0 aromatic carbocycles. The molecule has 0 bridgehead atoms. The van der Waals surface area contributed by atoms with Crippen LogP contribution in [0.4, 0.5) is 4.79 Å². The zero-order valence-corrected chi connectivity index (χ0v) is 5.99. The Bertz CT molecular complexity index is 226. The van der Waals surface area contributed by atoms with Gasteiger partial charge in [0.05, 0.1) is 6.04 Å². The lowest BCUT2D eigenvalue weighted by Gasteiger charge is -2.32. The summed E-state index contributed by atoms with van der Waals surface area (Å²) in [6, 6.07) is 0.0139. The van der Waals surface area contributed by atoms with Crippen LogP contribution in [0.2, 0.25) is 0 Å². The zero-order chi connectivity index (χ0) is 8.01. The molecule has 2 aliphatic rings. The molecule has 60 valence electrons. The lowest BCUT2D eigenvalue weighted by molar-refractivity contribution is -0.131. The molecule has 0 aromatic heterocycles. The van der Waals surface area contributed by atoms with Crippen molar-refractivity contribution >= 4 is 11.9 Å². The van der Waals surface area contributed by atoms with E-state index in [1.807, 2.05) is 0 Å². The van der Waals surface area contributed by atoms with Crippen molar-refractivity contribution in [1.82, 2.24) is 4.90 Å². The van der Waals surface area contributed by atoms with E-state index < -0.39 is 6.09 Å². The van der Waals surface area contributed by atoms with Crippen molar-refractivity contribution in [3.05, 3.63) is 0 Å². The van der Waals surface area contributed by atoms with Crippen LogP contribution in [0, 0.1) is 5.92 Å². The monoisotopic (exact) mass is 155 g/mol. The van der Waals surface area contributed by atoms with Crippen molar-refractivity contribution in [2.75, 3.05) is 6.54 Å². The van der Waals surface area contributed by atoms with Gasteiger partial charge in [-0.05, 0) is 6.42 Å². The molecule has 4 heteroatoms. The number of carbonyl (C=O) groups is 2. The molecular weight excluding hydrogens is 146 g/mol. The Morgan fingerprint density at radius 3 is 2.82 bits per heavy atom. The van der Waals surface area contributed by atoms with E-state index in [0.717, 1.165) is 6.42 Å². The average molecular weight is 155 g/mol. The number of fused-ring (bicyclic) bond motifs is 1. The summed E-state index contributed by atoms with van der Waals surface area (Å²) in [5.74, 6) is 0.268. The van der Waals surface area contributed by atoms with E-state index in [0.29, 0.717) is 13.0 Å². The fourth-order valence-electron chi connectivity index (χ4n) is 1.92. The molecule has 4 nitrogen and oxygen atoms in total. The maximum atomic E-state index is 10.9. The summed E-state index contributed by atoms with van der Waals surface area (Å²) in [6.45, 7) is 0.538. The number of rotatable bonds is 0. The van der Waals surface area contributed by atoms with Gasteiger partial charge in [0.1, 0.15) is 5.78 Å². The minimum Gasteiger partial charge on any atom is -0.465 e. The number of likely N-dealkylation sites (tertiary alicyclic amines) is 1.